The molecule has 2 aromatic rings. The molecule has 2 rings (SSSR count). The van der Waals surface area contributed by atoms with Crippen LogP contribution in [-0.2, 0) is 6.54 Å². The number of nitrogens with one attached hydrogen (secondary N) is 1. The Kier molecular flexibility index (Phi) is 4.80. The Bertz CT molecular complexity index is 518. The Labute approximate surface area is 115 Å². The van der Waals surface area contributed by atoms with Gasteiger partial charge >= 0.3 is 0 Å². The third kappa shape index (κ3) is 3.07. The van der Waals surface area contributed by atoms with E-state index in [-0.39, 0.29) is 0 Å². The highest BCUT2D eigenvalue weighted by molar-refractivity contribution is 5.55. The molecule has 0 aromatic carbocycles. The van der Waals surface area contributed by atoms with Gasteiger partial charge in [-0.05, 0) is 25.6 Å². The smallest absolute Gasteiger partial charge is 0.152 e. The van der Waals surface area contributed by atoms with E-state index in [1.54, 1.807) is 0 Å². The quantitative estimate of drug-likeness (QED) is 0.777. The van der Waals surface area contributed by atoms with Gasteiger partial charge < -0.3 is 14.6 Å². The van der Waals surface area contributed by atoms with Gasteiger partial charge in [0.1, 0.15) is 5.65 Å². The van der Waals surface area contributed by atoms with Crippen molar-refractivity contribution in [1.82, 2.24) is 14.7 Å². The molecule has 0 saturated carbocycles. The molecular weight excluding hydrogens is 236 g/mol. The van der Waals surface area contributed by atoms with Gasteiger partial charge in [0.25, 0.3) is 0 Å². The zero-order valence-electron chi connectivity index (χ0n) is 12.2. The fourth-order valence-corrected chi connectivity index (χ4v) is 2.38. The minimum atomic E-state index is 0.832. The number of rotatable bonds is 7. The van der Waals surface area contributed by atoms with Crippen LogP contribution in [0.4, 0.5) is 5.82 Å². The first-order chi connectivity index (χ1) is 9.27. The van der Waals surface area contributed by atoms with Crippen LogP contribution < -0.4 is 10.2 Å². The molecule has 2 heterocycles. The van der Waals surface area contributed by atoms with Crippen LogP contribution in [0.25, 0.3) is 5.65 Å². The van der Waals surface area contributed by atoms with Gasteiger partial charge in [0, 0.05) is 26.3 Å². The Hall–Kier alpha value is -1.55. The first kappa shape index (κ1) is 13.9. The maximum atomic E-state index is 4.76. The molecule has 0 fully saturated rings. The summed E-state index contributed by atoms with van der Waals surface area (Å²) >= 11 is 0. The number of imidazole rings is 1. The van der Waals surface area contributed by atoms with E-state index >= 15 is 0 Å². The van der Waals surface area contributed by atoms with E-state index in [9.17, 15) is 0 Å². The lowest BCUT2D eigenvalue weighted by Gasteiger charge is -2.18. The van der Waals surface area contributed by atoms with Crippen LogP contribution >= 0.6 is 0 Å². The van der Waals surface area contributed by atoms with Gasteiger partial charge in [-0.2, -0.15) is 0 Å². The van der Waals surface area contributed by atoms with Gasteiger partial charge in [-0.3, -0.25) is 0 Å². The summed E-state index contributed by atoms with van der Waals surface area (Å²) in [5.74, 6) is 1.09. The van der Waals surface area contributed by atoms with E-state index in [1.165, 1.54) is 25.0 Å². The third-order valence-electron chi connectivity index (χ3n) is 3.41. The zero-order chi connectivity index (χ0) is 13.7. The zero-order valence-corrected chi connectivity index (χ0v) is 12.2. The number of fused-ring (bicyclic) bond motifs is 1. The van der Waals surface area contributed by atoms with Crippen molar-refractivity contribution in [2.24, 2.45) is 0 Å². The second-order valence-corrected chi connectivity index (χ2v) is 4.97. The SMILES string of the molecule is CCCCCN(C)c1nc2ccccn2c1CNC. The fourth-order valence-electron chi connectivity index (χ4n) is 2.38. The molecule has 4 heteroatoms. The third-order valence-corrected chi connectivity index (χ3v) is 3.41. The molecule has 0 aliphatic rings. The lowest BCUT2D eigenvalue weighted by Crippen LogP contribution is -2.21. The standard InChI is InChI=1S/C15H24N4/c1-4-5-7-10-18(3)15-13(12-16-2)19-11-8-6-9-14(19)17-15/h6,8-9,11,16H,4-5,7,10,12H2,1-3H3. The largest absolute Gasteiger partial charge is 0.358 e. The van der Waals surface area contributed by atoms with Gasteiger partial charge in [0.05, 0.1) is 5.69 Å². The Balaban J connectivity index is 2.27. The van der Waals surface area contributed by atoms with E-state index in [1.807, 2.05) is 13.1 Å². The molecule has 0 unspecified atom stereocenters. The molecule has 4 nitrogen and oxygen atoms in total. The molecule has 19 heavy (non-hydrogen) atoms. The summed E-state index contributed by atoms with van der Waals surface area (Å²) < 4.78 is 2.17. The molecule has 1 N–H and O–H groups in total. The first-order valence-electron chi connectivity index (χ1n) is 7.09. The maximum Gasteiger partial charge on any atom is 0.152 e. The summed E-state index contributed by atoms with van der Waals surface area (Å²) in [6.07, 6.45) is 5.83. The van der Waals surface area contributed by atoms with E-state index < -0.39 is 0 Å². The average molecular weight is 260 g/mol. The number of hydrogen-bond acceptors (Lipinski definition) is 3. The highest BCUT2D eigenvalue weighted by atomic mass is 15.2. The predicted octanol–water partition coefficient (Wildman–Crippen LogP) is 2.68. The van der Waals surface area contributed by atoms with Gasteiger partial charge in [-0.1, -0.05) is 25.8 Å². The number of aromatic nitrogens is 2. The van der Waals surface area contributed by atoms with Crippen molar-refractivity contribution >= 4 is 11.5 Å². The Morgan fingerprint density at radius 3 is 2.89 bits per heavy atom. The van der Waals surface area contributed by atoms with Crippen LogP contribution in [0, 0.1) is 0 Å². The lowest BCUT2D eigenvalue weighted by molar-refractivity contribution is 0.696. The molecule has 104 valence electrons. The summed E-state index contributed by atoms with van der Waals surface area (Å²) in [4.78, 5) is 7.03. The number of anilines is 1. The van der Waals surface area contributed by atoms with Crippen LogP contribution in [0.15, 0.2) is 24.4 Å². The maximum absolute atomic E-state index is 4.76. The first-order valence-corrected chi connectivity index (χ1v) is 7.09. The molecule has 0 aliphatic heterocycles. The topological polar surface area (TPSA) is 32.6 Å². The van der Waals surface area contributed by atoms with Crippen molar-refractivity contribution in [1.29, 1.82) is 0 Å². The van der Waals surface area contributed by atoms with Gasteiger partial charge in [-0.15, -0.1) is 0 Å². The highest BCUT2D eigenvalue weighted by Crippen LogP contribution is 2.21. The number of nitrogens with zero attached hydrogens (tertiary/aromatic N) is 3. The lowest BCUT2D eigenvalue weighted by atomic mass is 10.2. The van der Waals surface area contributed by atoms with Crippen LogP contribution in [0.2, 0.25) is 0 Å². The summed E-state index contributed by atoms with van der Waals surface area (Å²) in [6, 6.07) is 6.14. The monoisotopic (exact) mass is 260 g/mol. The van der Waals surface area contributed by atoms with Crippen LogP contribution in [0.5, 0.6) is 0 Å². The van der Waals surface area contributed by atoms with Crippen molar-refractivity contribution < 1.29 is 0 Å². The highest BCUT2D eigenvalue weighted by Gasteiger charge is 2.14. The molecule has 0 atom stereocenters. The molecule has 2 aromatic heterocycles. The summed E-state index contributed by atoms with van der Waals surface area (Å²) in [5, 5.41) is 3.24. The molecule has 0 saturated heterocycles. The minimum absolute atomic E-state index is 0.832. The van der Waals surface area contributed by atoms with Gasteiger partial charge in [0.15, 0.2) is 5.82 Å². The van der Waals surface area contributed by atoms with Crippen LogP contribution in [0.1, 0.15) is 31.9 Å². The predicted molar refractivity (Wildman–Crippen MR) is 80.8 cm³/mol. The average Bonchev–Trinajstić information content (AvgIpc) is 2.79. The second-order valence-electron chi connectivity index (χ2n) is 4.97. The van der Waals surface area contributed by atoms with Crippen molar-refractivity contribution in [3.8, 4) is 0 Å². The van der Waals surface area contributed by atoms with Crippen molar-refractivity contribution in [2.45, 2.75) is 32.7 Å². The summed E-state index contributed by atoms with van der Waals surface area (Å²) in [5.41, 5.74) is 2.25. The molecule has 0 radical (unpaired) electrons. The number of unbranched alkanes of at least 4 members (excludes halogenated alkanes) is 2. The van der Waals surface area contributed by atoms with E-state index in [0.717, 1.165) is 24.6 Å². The molecule has 0 aliphatic carbocycles. The summed E-state index contributed by atoms with van der Waals surface area (Å²) in [6.45, 7) is 4.13. The van der Waals surface area contributed by atoms with Crippen molar-refractivity contribution in [3.63, 3.8) is 0 Å². The van der Waals surface area contributed by atoms with Crippen LogP contribution in [0.3, 0.4) is 0 Å². The second kappa shape index (κ2) is 6.57. The van der Waals surface area contributed by atoms with Gasteiger partial charge in [-0.25, -0.2) is 4.98 Å². The van der Waals surface area contributed by atoms with Crippen LogP contribution in [-0.4, -0.2) is 30.0 Å². The van der Waals surface area contributed by atoms with Crippen molar-refractivity contribution in [2.75, 3.05) is 25.5 Å². The minimum Gasteiger partial charge on any atom is -0.358 e. The number of hydrogen-bond donors (Lipinski definition) is 1. The molecule has 0 spiro atoms. The van der Waals surface area contributed by atoms with Gasteiger partial charge in [0.2, 0.25) is 0 Å². The summed E-state index contributed by atoms with van der Waals surface area (Å²) in [7, 11) is 4.11. The van der Waals surface area contributed by atoms with E-state index in [2.05, 4.69) is 46.9 Å². The molecule has 0 amide bonds. The van der Waals surface area contributed by atoms with E-state index in [0.29, 0.717) is 0 Å². The normalized spacial score (nSPS) is 11.1. The molecular formula is C15H24N4. The van der Waals surface area contributed by atoms with E-state index in [4.69, 9.17) is 4.98 Å². The van der Waals surface area contributed by atoms with Crippen molar-refractivity contribution in [3.05, 3.63) is 30.1 Å². The Morgan fingerprint density at radius 2 is 2.16 bits per heavy atom. The Morgan fingerprint density at radius 1 is 1.32 bits per heavy atom. The number of pyridine rings is 1. The molecule has 0 bridgehead atoms. The fraction of sp³-hybridized carbons (Fsp3) is 0.533.